The maximum absolute atomic E-state index is 13.0. The number of ether oxygens (including phenoxy) is 1. The third kappa shape index (κ3) is 3.69. The van der Waals surface area contributed by atoms with Gasteiger partial charge in [-0.25, -0.2) is 4.39 Å². The Bertz CT molecular complexity index is 614. The van der Waals surface area contributed by atoms with Gasteiger partial charge in [0.05, 0.1) is 5.02 Å². The minimum atomic E-state index is -0.466. The number of halogens is 3. The summed E-state index contributed by atoms with van der Waals surface area (Å²) in [5.74, 6) is -0.485. The van der Waals surface area contributed by atoms with Crippen LogP contribution in [0.4, 0.5) is 4.39 Å². The number of carbonyl (C=O) groups excluding carboxylic acids is 1. The van der Waals surface area contributed by atoms with Crippen LogP contribution in [0.25, 0.3) is 0 Å². The number of hydrogen-bond acceptors (Lipinski definition) is 2. The molecule has 19 heavy (non-hydrogen) atoms. The van der Waals surface area contributed by atoms with Gasteiger partial charge in [0.2, 0.25) is 0 Å². The van der Waals surface area contributed by atoms with E-state index in [0.717, 1.165) is 6.07 Å². The fourth-order valence-electron chi connectivity index (χ4n) is 1.48. The van der Waals surface area contributed by atoms with Crippen molar-refractivity contribution in [3.63, 3.8) is 0 Å². The van der Waals surface area contributed by atoms with Gasteiger partial charge >= 0.3 is 0 Å². The summed E-state index contributed by atoms with van der Waals surface area (Å²) in [6.07, 6.45) is 0. The van der Waals surface area contributed by atoms with Crippen LogP contribution in [0.3, 0.4) is 0 Å². The number of Topliss-reactive ketones (excluding diaryl/α,β-unsaturated/α-hetero) is 1. The van der Waals surface area contributed by atoms with Crippen LogP contribution in [0, 0.1) is 5.82 Å². The third-order valence-corrected chi connectivity index (χ3v) is 2.95. The molecule has 0 N–H and O–H groups in total. The van der Waals surface area contributed by atoms with E-state index in [1.165, 1.54) is 24.3 Å². The van der Waals surface area contributed by atoms with Crippen LogP contribution in [0.5, 0.6) is 5.75 Å². The van der Waals surface area contributed by atoms with Crippen molar-refractivity contribution in [3.05, 3.63) is 63.9 Å². The van der Waals surface area contributed by atoms with Crippen molar-refractivity contribution < 1.29 is 13.9 Å². The third-order valence-electron chi connectivity index (χ3n) is 2.40. The zero-order chi connectivity index (χ0) is 13.8. The van der Waals surface area contributed by atoms with Crippen molar-refractivity contribution in [2.75, 3.05) is 6.61 Å². The first-order valence-corrected chi connectivity index (χ1v) is 6.18. The molecular weight excluding hydrogens is 290 g/mol. The van der Waals surface area contributed by atoms with Gasteiger partial charge in [-0.2, -0.15) is 0 Å². The molecule has 2 aromatic carbocycles. The van der Waals surface area contributed by atoms with E-state index in [-0.39, 0.29) is 18.0 Å². The Morgan fingerprint density at radius 3 is 2.68 bits per heavy atom. The molecule has 98 valence electrons. The molecule has 0 saturated carbocycles. The molecular formula is C14H9Cl2FO2. The largest absolute Gasteiger partial charge is 0.484 e. The summed E-state index contributed by atoms with van der Waals surface area (Å²) in [5.41, 5.74) is 0.248. The zero-order valence-corrected chi connectivity index (χ0v) is 11.2. The van der Waals surface area contributed by atoms with E-state index < -0.39 is 5.82 Å². The molecule has 0 spiro atoms. The van der Waals surface area contributed by atoms with Gasteiger partial charge in [-0.1, -0.05) is 35.3 Å². The standard InChI is InChI=1S/C14H9Cl2FO2/c15-10-4-5-12(16)14(7-10)19-8-13(18)9-2-1-3-11(17)6-9/h1-7H,8H2. The predicted octanol–water partition coefficient (Wildman–Crippen LogP) is 4.39. The van der Waals surface area contributed by atoms with Crippen LogP contribution >= 0.6 is 23.2 Å². The quantitative estimate of drug-likeness (QED) is 0.782. The first kappa shape index (κ1) is 13.8. The summed E-state index contributed by atoms with van der Waals surface area (Å²) in [6, 6.07) is 10.1. The molecule has 0 heterocycles. The van der Waals surface area contributed by atoms with Crippen LogP contribution in [0.1, 0.15) is 10.4 Å². The first-order chi connectivity index (χ1) is 9.06. The van der Waals surface area contributed by atoms with Crippen molar-refractivity contribution in [2.24, 2.45) is 0 Å². The molecule has 0 unspecified atom stereocenters. The molecule has 0 bridgehead atoms. The van der Waals surface area contributed by atoms with Crippen molar-refractivity contribution in [3.8, 4) is 5.75 Å². The second-order valence-electron chi connectivity index (χ2n) is 3.80. The Labute approximate surface area is 119 Å². The van der Waals surface area contributed by atoms with E-state index in [0.29, 0.717) is 15.8 Å². The topological polar surface area (TPSA) is 26.3 Å². The van der Waals surface area contributed by atoms with Crippen LogP contribution in [-0.2, 0) is 0 Å². The maximum Gasteiger partial charge on any atom is 0.200 e. The number of carbonyl (C=O) groups is 1. The van der Waals surface area contributed by atoms with Gasteiger partial charge in [0, 0.05) is 16.7 Å². The fraction of sp³-hybridized carbons (Fsp3) is 0.0714. The second kappa shape index (κ2) is 6.04. The van der Waals surface area contributed by atoms with E-state index in [4.69, 9.17) is 27.9 Å². The summed E-state index contributed by atoms with van der Waals surface area (Å²) < 4.78 is 18.3. The highest BCUT2D eigenvalue weighted by Gasteiger charge is 2.09. The van der Waals surface area contributed by atoms with Gasteiger partial charge in [0.25, 0.3) is 0 Å². The summed E-state index contributed by atoms with van der Waals surface area (Å²) >= 11 is 11.7. The molecule has 2 rings (SSSR count). The lowest BCUT2D eigenvalue weighted by molar-refractivity contribution is 0.0921. The second-order valence-corrected chi connectivity index (χ2v) is 4.64. The molecule has 2 aromatic rings. The van der Waals surface area contributed by atoms with E-state index >= 15 is 0 Å². The Morgan fingerprint density at radius 2 is 1.95 bits per heavy atom. The predicted molar refractivity (Wildman–Crippen MR) is 72.7 cm³/mol. The smallest absolute Gasteiger partial charge is 0.200 e. The lowest BCUT2D eigenvalue weighted by Gasteiger charge is -2.07. The lowest BCUT2D eigenvalue weighted by atomic mass is 10.1. The van der Waals surface area contributed by atoms with Gasteiger partial charge in [-0.3, -0.25) is 4.79 Å². The minimum absolute atomic E-state index is 0.233. The average Bonchev–Trinajstić information content (AvgIpc) is 2.39. The van der Waals surface area contributed by atoms with Crippen LogP contribution in [0.15, 0.2) is 42.5 Å². The molecule has 0 saturated heterocycles. The highest BCUT2D eigenvalue weighted by Crippen LogP contribution is 2.27. The summed E-state index contributed by atoms with van der Waals surface area (Å²) in [4.78, 5) is 11.8. The molecule has 2 nitrogen and oxygen atoms in total. The van der Waals surface area contributed by atoms with Crippen molar-refractivity contribution in [1.29, 1.82) is 0 Å². The van der Waals surface area contributed by atoms with Gasteiger partial charge in [-0.05, 0) is 24.3 Å². The fourth-order valence-corrected chi connectivity index (χ4v) is 1.81. The van der Waals surface area contributed by atoms with E-state index in [1.807, 2.05) is 0 Å². The Kier molecular flexibility index (Phi) is 4.40. The number of ketones is 1. The molecule has 0 amide bonds. The van der Waals surface area contributed by atoms with Gasteiger partial charge in [0.1, 0.15) is 11.6 Å². The van der Waals surface area contributed by atoms with Crippen molar-refractivity contribution >= 4 is 29.0 Å². The summed E-state index contributed by atoms with van der Waals surface area (Å²) in [6.45, 7) is -0.233. The molecule has 0 aliphatic carbocycles. The SMILES string of the molecule is O=C(COc1cc(Cl)ccc1Cl)c1cccc(F)c1. The zero-order valence-electron chi connectivity index (χ0n) is 9.70. The van der Waals surface area contributed by atoms with Crippen LogP contribution in [0.2, 0.25) is 10.0 Å². The first-order valence-electron chi connectivity index (χ1n) is 5.43. The molecule has 0 aliphatic heterocycles. The maximum atomic E-state index is 13.0. The highest BCUT2D eigenvalue weighted by atomic mass is 35.5. The van der Waals surface area contributed by atoms with Crippen molar-refractivity contribution in [1.82, 2.24) is 0 Å². The van der Waals surface area contributed by atoms with E-state index in [9.17, 15) is 9.18 Å². The van der Waals surface area contributed by atoms with Gasteiger partial charge < -0.3 is 4.74 Å². The Hall–Kier alpha value is -1.58. The lowest BCUT2D eigenvalue weighted by Crippen LogP contribution is -2.12. The van der Waals surface area contributed by atoms with Gasteiger partial charge in [-0.15, -0.1) is 0 Å². The van der Waals surface area contributed by atoms with Crippen molar-refractivity contribution in [2.45, 2.75) is 0 Å². The van der Waals surface area contributed by atoms with Gasteiger partial charge in [0.15, 0.2) is 12.4 Å². The molecule has 0 radical (unpaired) electrons. The number of hydrogen-bond donors (Lipinski definition) is 0. The highest BCUT2D eigenvalue weighted by molar-refractivity contribution is 6.34. The number of rotatable bonds is 4. The molecule has 0 atom stereocenters. The minimum Gasteiger partial charge on any atom is -0.484 e. The Morgan fingerprint density at radius 1 is 1.16 bits per heavy atom. The number of benzene rings is 2. The molecule has 0 aliphatic rings. The summed E-state index contributed by atoms with van der Waals surface area (Å²) in [5, 5.41) is 0.814. The molecule has 0 fully saturated rings. The summed E-state index contributed by atoms with van der Waals surface area (Å²) in [7, 11) is 0. The Balaban J connectivity index is 2.06. The van der Waals surface area contributed by atoms with E-state index in [2.05, 4.69) is 0 Å². The van der Waals surface area contributed by atoms with Crippen LogP contribution < -0.4 is 4.74 Å². The monoisotopic (exact) mass is 298 g/mol. The van der Waals surface area contributed by atoms with E-state index in [1.54, 1.807) is 12.1 Å². The average molecular weight is 299 g/mol. The molecule has 5 heteroatoms. The normalized spacial score (nSPS) is 10.3. The molecule has 0 aromatic heterocycles. The van der Waals surface area contributed by atoms with Crippen LogP contribution in [-0.4, -0.2) is 12.4 Å².